The third-order valence-electron chi connectivity index (χ3n) is 4.26. The normalized spacial score (nSPS) is 16.8. The van der Waals surface area contributed by atoms with Crippen molar-refractivity contribution in [1.82, 2.24) is 14.5 Å². The Bertz CT molecular complexity index is 618. The number of likely N-dealkylation sites (N-methyl/N-ethyl adjacent to an activating group) is 1. The molecule has 20 heavy (non-hydrogen) atoms. The number of rotatable bonds is 5. The second-order valence-electron chi connectivity index (χ2n) is 5.65. The van der Waals surface area contributed by atoms with Gasteiger partial charge in [-0.1, -0.05) is 6.07 Å². The van der Waals surface area contributed by atoms with Crippen molar-refractivity contribution in [3.05, 3.63) is 18.2 Å². The molecule has 2 aromatic rings. The molecule has 0 saturated heterocycles. The van der Waals surface area contributed by atoms with Crippen molar-refractivity contribution in [2.24, 2.45) is 0 Å². The van der Waals surface area contributed by atoms with Gasteiger partial charge in [-0.3, -0.25) is 4.90 Å². The van der Waals surface area contributed by atoms with E-state index >= 15 is 0 Å². The van der Waals surface area contributed by atoms with E-state index in [2.05, 4.69) is 28.4 Å². The van der Waals surface area contributed by atoms with Crippen molar-refractivity contribution in [2.75, 3.05) is 19.9 Å². The van der Waals surface area contributed by atoms with Gasteiger partial charge in [-0.15, -0.1) is 0 Å². The predicted octanol–water partition coefficient (Wildman–Crippen LogP) is 2.11. The maximum absolute atomic E-state index is 6.09. The summed E-state index contributed by atoms with van der Waals surface area (Å²) in [5.41, 5.74) is 7.98. The molecule has 0 bridgehead atoms. The Labute approximate surface area is 119 Å². The summed E-state index contributed by atoms with van der Waals surface area (Å²) in [5.74, 6) is 1.33. The van der Waals surface area contributed by atoms with Crippen LogP contribution in [0.3, 0.4) is 0 Å². The zero-order valence-corrected chi connectivity index (χ0v) is 12.3. The number of methoxy groups -OCH3 is 1. The van der Waals surface area contributed by atoms with Crippen molar-refractivity contribution < 1.29 is 4.74 Å². The molecule has 1 aromatic heterocycles. The lowest BCUT2D eigenvalue weighted by Gasteiger charge is -2.25. The molecule has 3 rings (SSSR count). The Morgan fingerprint density at radius 3 is 2.90 bits per heavy atom. The number of hydrogen-bond acceptors (Lipinski definition) is 4. The molecule has 1 heterocycles. The van der Waals surface area contributed by atoms with Gasteiger partial charge in [-0.05, 0) is 38.9 Å². The largest absolute Gasteiger partial charge is 0.494 e. The van der Waals surface area contributed by atoms with Gasteiger partial charge >= 0.3 is 0 Å². The molecule has 0 aliphatic heterocycles. The number of benzene rings is 1. The molecular formula is C15H22N4O. The summed E-state index contributed by atoms with van der Waals surface area (Å²) in [4.78, 5) is 6.89. The fraction of sp³-hybridized carbons (Fsp3) is 0.533. The molecule has 1 fully saturated rings. The van der Waals surface area contributed by atoms with E-state index in [9.17, 15) is 0 Å². The molecule has 2 N–H and O–H groups in total. The highest BCUT2D eigenvalue weighted by atomic mass is 16.5. The Kier molecular flexibility index (Phi) is 3.30. The van der Waals surface area contributed by atoms with Gasteiger partial charge in [0.25, 0.3) is 0 Å². The minimum atomic E-state index is 0.438. The van der Waals surface area contributed by atoms with Gasteiger partial charge in [0.1, 0.15) is 11.3 Å². The molecular weight excluding hydrogens is 252 g/mol. The second-order valence-corrected chi connectivity index (χ2v) is 5.65. The number of ether oxygens (including phenoxy) is 1. The topological polar surface area (TPSA) is 56.3 Å². The molecule has 1 aliphatic rings. The molecule has 1 unspecified atom stereocenters. The molecule has 0 spiro atoms. The van der Waals surface area contributed by atoms with Crippen LogP contribution in [-0.2, 0) is 6.54 Å². The van der Waals surface area contributed by atoms with E-state index in [4.69, 9.17) is 10.5 Å². The van der Waals surface area contributed by atoms with Crippen LogP contribution in [-0.4, -0.2) is 40.7 Å². The van der Waals surface area contributed by atoms with E-state index in [1.807, 2.05) is 18.2 Å². The molecule has 1 aromatic carbocycles. The zero-order chi connectivity index (χ0) is 14.3. The fourth-order valence-corrected chi connectivity index (χ4v) is 2.73. The van der Waals surface area contributed by atoms with Gasteiger partial charge in [-0.2, -0.15) is 0 Å². The number of para-hydroxylation sites is 1. The van der Waals surface area contributed by atoms with Crippen LogP contribution in [0.2, 0.25) is 0 Å². The van der Waals surface area contributed by atoms with Crippen LogP contribution in [0.1, 0.15) is 19.8 Å². The van der Waals surface area contributed by atoms with E-state index in [0.29, 0.717) is 12.0 Å². The minimum absolute atomic E-state index is 0.438. The molecule has 5 nitrogen and oxygen atoms in total. The van der Waals surface area contributed by atoms with Crippen LogP contribution < -0.4 is 10.5 Å². The first-order chi connectivity index (χ1) is 9.61. The van der Waals surface area contributed by atoms with Crippen molar-refractivity contribution in [3.63, 3.8) is 0 Å². The number of nitrogens with zero attached hydrogens (tertiary/aromatic N) is 3. The average Bonchev–Trinajstić information content (AvgIpc) is 3.24. The van der Waals surface area contributed by atoms with Gasteiger partial charge in [0.15, 0.2) is 0 Å². The standard InChI is InChI=1S/C15H22N4O/c1-10(18(2)11-7-8-11)9-19-12-5-4-6-13(20-3)14(12)17-15(19)16/h4-6,10-11H,7-9H2,1-3H3,(H2,16,17). The van der Waals surface area contributed by atoms with Gasteiger partial charge < -0.3 is 15.0 Å². The van der Waals surface area contributed by atoms with Crippen LogP contribution in [0.25, 0.3) is 11.0 Å². The lowest BCUT2D eigenvalue weighted by molar-refractivity contribution is 0.228. The summed E-state index contributed by atoms with van der Waals surface area (Å²) < 4.78 is 7.44. The number of hydrogen-bond donors (Lipinski definition) is 1. The van der Waals surface area contributed by atoms with E-state index in [-0.39, 0.29) is 0 Å². The number of fused-ring (bicyclic) bond motifs is 1. The first-order valence-electron chi connectivity index (χ1n) is 7.12. The highest BCUT2D eigenvalue weighted by Gasteiger charge is 2.29. The van der Waals surface area contributed by atoms with Gasteiger partial charge in [0.2, 0.25) is 5.95 Å². The molecule has 0 amide bonds. The smallest absolute Gasteiger partial charge is 0.201 e. The molecule has 1 atom stereocenters. The molecule has 5 heteroatoms. The Hall–Kier alpha value is -1.75. The second kappa shape index (κ2) is 4.98. The van der Waals surface area contributed by atoms with Gasteiger partial charge in [-0.25, -0.2) is 4.98 Å². The fourth-order valence-electron chi connectivity index (χ4n) is 2.73. The highest BCUT2D eigenvalue weighted by Crippen LogP contribution is 2.30. The SMILES string of the molecule is COc1cccc2c1nc(N)n2CC(C)N(C)C1CC1. The number of imidazole rings is 1. The summed E-state index contributed by atoms with van der Waals surface area (Å²) in [6.07, 6.45) is 2.63. The van der Waals surface area contributed by atoms with Crippen LogP contribution in [0.4, 0.5) is 5.95 Å². The monoisotopic (exact) mass is 274 g/mol. The highest BCUT2D eigenvalue weighted by molar-refractivity contribution is 5.84. The third kappa shape index (κ3) is 2.22. The predicted molar refractivity (Wildman–Crippen MR) is 80.9 cm³/mol. The van der Waals surface area contributed by atoms with Crippen molar-refractivity contribution in [1.29, 1.82) is 0 Å². The van der Waals surface area contributed by atoms with Gasteiger partial charge in [0, 0.05) is 18.6 Å². The Morgan fingerprint density at radius 2 is 2.25 bits per heavy atom. The van der Waals surface area contributed by atoms with E-state index in [0.717, 1.165) is 29.4 Å². The van der Waals surface area contributed by atoms with Crippen molar-refractivity contribution in [2.45, 2.75) is 38.4 Å². The van der Waals surface area contributed by atoms with Crippen LogP contribution in [0.15, 0.2) is 18.2 Å². The molecule has 1 saturated carbocycles. The van der Waals surface area contributed by atoms with Crippen molar-refractivity contribution in [3.8, 4) is 5.75 Å². The first-order valence-corrected chi connectivity index (χ1v) is 7.12. The summed E-state index contributed by atoms with van der Waals surface area (Å²) in [6.45, 7) is 3.09. The summed E-state index contributed by atoms with van der Waals surface area (Å²) in [7, 11) is 3.85. The number of aromatic nitrogens is 2. The quantitative estimate of drug-likeness (QED) is 0.907. The lowest BCUT2D eigenvalue weighted by atomic mass is 10.2. The van der Waals surface area contributed by atoms with E-state index in [1.165, 1.54) is 12.8 Å². The maximum Gasteiger partial charge on any atom is 0.201 e. The summed E-state index contributed by atoms with van der Waals surface area (Å²) >= 11 is 0. The molecule has 1 aliphatic carbocycles. The van der Waals surface area contributed by atoms with Gasteiger partial charge in [0.05, 0.1) is 12.6 Å². The van der Waals surface area contributed by atoms with Crippen LogP contribution in [0.5, 0.6) is 5.75 Å². The average molecular weight is 274 g/mol. The third-order valence-corrected chi connectivity index (χ3v) is 4.26. The van der Waals surface area contributed by atoms with Crippen LogP contribution in [0, 0.1) is 0 Å². The maximum atomic E-state index is 6.09. The summed E-state index contributed by atoms with van der Waals surface area (Å²) in [5, 5.41) is 0. The van der Waals surface area contributed by atoms with Crippen molar-refractivity contribution >= 4 is 17.0 Å². The molecule has 108 valence electrons. The number of nitrogen functional groups attached to an aromatic ring is 1. The molecule has 0 radical (unpaired) electrons. The van der Waals surface area contributed by atoms with E-state index in [1.54, 1.807) is 7.11 Å². The van der Waals surface area contributed by atoms with E-state index < -0.39 is 0 Å². The number of anilines is 1. The Morgan fingerprint density at radius 1 is 1.50 bits per heavy atom. The summed E-state index contributed by atoms with van der Waals surface area (Å²) in [6, 6.07) is 7.13. The lowest BCUT2D eigenvalue weighted by Crippen LogP contribution is -2.34. The minimum Gasteiger partial charge on any atom is -0.494 e. The number of nitrogens with two attached hydrogens (primary N) is 1. The zero-order valence-electron chi connectivity index (χ0n) is 12.3. The van der Waals surface area contributed by atoms with Crippen LogP contribution >= 0.6 is 0 Å². The Balaban J connectivity index is 1.92. The first kappa shape index (κ1) is 13.2.